The predicted octanol–water partition coefficient (Wildman–Crippen LogP) is -2.36. The van der Waals surface area contributed by atoms with Crippen molar-refractivity contribution < 1.29 is 39.3 Å². The van der Waals surface area contributed by atoms with Crippen LogP contribution in [0.5, 0.6) is 0 Å². The molecule has 16 heavy (non-hydrogen) atoms. The van der Waals surface area contributed by atoms with Crippen LogP contribution in [0.1, 0.15) is 0 Å². The Labute approximate surface area is 118 Å². The van der Waals surface area contributed by atoms with Gasteiger partial charge in [0.2, 0.25) is 0 Å². The summed E-state index contributed by atoms with van der Waals surface area (Å²) in [7, 11) is -3.44. The molecule has 0 saturated carbocycles. The average molecular weight is 327 g/mol. The second kappa shape index (κ2) is 6.34. The molecule has 1 nitrogen and oxygen atoms in total. The molecule has 1 aromatic carbocycles. The van der Waals surface area contributed by atoms with Crippen molar-refractivity contribution in [2.75, 3.05) is 0 Å². The summed E-state index contributed by atoms with van der Waals surface area (Å²) in [6, 6.07) is 0.437. The van der Waals surface area contributed by atoms with Crippen molar-refractivity contribution in [1.82, 2.24) is 0 Å². The van der Waals surface area contributed by atoms with E-state index in [1.165, 1.54) is 13.1 Å². The summed E-state index contributed by atoms with van der Waals surface area (Å²) in [5, 5.41) is -0.589. The second-order valence-electron chi connectivity index (χ2n) is 3.36. The molecule has 0 aromatic heterocycles. The minimum absolute atomic E-state index is 0. The van der Waals surface area contributed by atoms with Gasteiger partial charge in [-0.2, -0.15) is 0 Å². The first-order chi connectivity index (χ1) is 6.25. The Morgan fingerprint density at radius 1 is 1.00 bits per heavy atom. The first kappa shape index (κ1) is 18.7. The molecular formula is C8H7BrF4MgOSi. The average Bonchev–Trinajstić information content (AvgIpc) is 2.06. The SMILES string of the molecule is C[Si](C)([O-])c1cc(F)c(F)c(F)c1F.[Br-].[Mg+2]. The Kier molecular flexibility index (Phi) is 7.42. The number of halogens is 5. The summed E-state index contributed by atoms with van der Waals surface area (Å²) in [6.45, 7) is 2.34. The summed E-state index contributed by atoms with van der Waals surface area (Å²) < 4.78 is 50.8. The van der Waals surface area contributed by atoms with Gasteiger partial charge in [0.05, 0.1) is 0 Å². The number of hydrogen-bond acceptors (Lipinski definition) is 1. The minimum atomic E-state index is -3.44. The zero-order chi connectivity index (χ0) is 11.1. The van der Waals surface area contributed by atoms with Crippen LogP contribution in [0.15, 0.2) is 6.07 Å². The van der Waals surface area contributed by atoms with E-state index < -0.39 is 36.8 Å². The van der Waals surface area contributed by atoms with E-state index in [0.717, 1.165) is 0 Å². The molecule has 0 spiro atoms. The first-order valence-corrected chi connectivity index (χ1v) is 6.70. The van der Waals surface area contributed by atoms with Crippen molar-refractivity contribution in [3.63, 3.8) is 0 Å². The largest absolute Gasteiger partial charge is 2.00 e. The van der Waals surface area contributed by atoms with E-state index in [2.05, 4.69) is 0 Å². The number of hydrogen-bond donors (Lipinski definition) is 0. The maximum absolute atomic E-state index is 13.0. The van der Waals surface area contributed by atoms with Gasteiger partial charge in [-0.3, -0.25) is 0 Å². The second-order valence-corrected chi connectivity index (χ2v) is 6.92. The fourth-order valence-electron chi connectivity index (χ4n) is 1.01. The third-order valence-electron chi connectivity index (χ3n) is 1.75. The fraction of sp³-hybridized carbons (Fsp3) is 0.250. The van der Waals surface area contributed by atoms with Gasteiger partial charge in [-0.15, -0.1) is 0 Å². The quantitative estimate of drug-likeness (QED) is 0.245. The van der Waals surface area contributed by atoms with Gasteiger partial charge < -0.3 is 21.8 Å². The van der Waals surface area contributed by atoms with E-state index in [9.17, 15) is 22.4 Å². The standard InChI is InChI=1S/C8H7F4OSi.BrH.Mg/c1-14(2,13)5-3-4(9)6(10)8(12)7(5)11;;/h3H,1-2H3;1H;/q-1;;+2/p-1. The smallest absolute Gasteiger partial charge is 1.00 e. The summed E-state index contributed by atoms with van der Waals surface area (Å²) in [5.41, 5.74) is 0. The van der Waals surface area contributed by atoms with Gasteiger partial charge in [-0.1, -0.05) is 13.1 Å². The Morgan fingerprint density at radius 3 is 1.81 bits per heavy atom. The molecule has 0 aliphatic heterocycles. The van der Waals surface area contributed by atoms with Crippen molar-refractivity contribution in [3.8, 4) is 0 Å². The third kappa shape index (κ3) is 3.69. The molecule has 1 rings (SSSR count). The molecule has 0 bridgehead atoms. The van der Waals surface area contributed by atoms with Gasteiger partial charge in [0.15, 0.2) is 23.3 Å². The zero-order valence-electron chi connectivity index (χ0n) is 8.58. The molecule has 0 unspecified atom stereocenters. The number of benzene rings is 1. The van der Waals surface area contributed by atoms with E-state index in [0.29, 0.717) is 6.07 Å². The van der Waals surface area contributed by atoms with Crippen LogP contribution in [0.2, 0.25) is 13.1 Å². The Balaban J connectivity index is 0. The van der Waals surface area contributed by atoms with Crippen molar-refractivity contribution in [2.45, 2.75) is 13.1 Å². The molecular weight excluding hydrogens is 320 g/mol. The molecule has 0 radical (unpaired) electrons. The minimum Gasteiger partial charge on any atom is -1.00 e. The predicted molar refractivity (Wildman–Crippen MR) is 49.1 cm³/mol. The van der Waals surface area contributed by atoms with Gasteiger partial charge in [-0.05, 0) is 19.6 Å². The van der Waals surface area contributed by atoms with Crippen LogP contribution in [0.25, 0.3) is 0 Å². The van der Waals surface area contributed by atoms with Crippen LogP contribution in [0, 0.1) is 23.3 Å². The molecule has 1 aromatic rings. The van der Waals surface area contributed by atoms with Crippen LogP contribution in [-0.4, -0.2) is 31.4 Å². The van der Waals surface area contributed by atoms with Gasteiger partial charge in [0.25, 0.3) is 0 Å². The summed E-state index contributed by atoms with van der Waals surface area (Å²) in [4.78, 5) is 11.4. The van der Waals surface area contributed by atoms with E-state index in [1.807, 2.05) is 0 Å². The molecule has 0 N–H and O–H groups in total. The normalized spacial score (nSPS) is 10.4. The Bertz CT molecular complexity index is 383. The fourth-order valence-corrected chi connectivity index (χ4v) is 2.12. The Morgan fingerprint density at radius 2 is 1.44 bits per heavy atom. The van der Waals surface area contributed by atoms with Crippen molar-refractivity contribution >= 4 is 36.6 Å². The van der Waals surface area contributed by atoms with E-state index in [-0.39, 0.29) is 40.0 Å². The molecule has 0 fully saturated rings. The van der Waals surface area contributed by atoms with Crippen molar-refractivity contribution in [1.29, 1.82) is 0 Å². The summed E-state index contributed by atoms with van der Waals surface area (Å²) >= 11 is 0. The zero-order valence-corrected chi connectivity index (χ0v) is 12.6. The van der Waals surface area contributed by atoms with Crippen LogP contribution >= 0.6 is 0 Å². The summed E-state index contributed by atoms with van der Waals surface area (Å²) in [6.07, 6.45) is 0. The first-order valence-electron chi connectivity index (χ1n) is 3.79. The van der Waals surface area contributed by atoms with Crippen LogP contribution in [0.3, 0.4) is 0 Å². The molecule has 0 aliphatic rings. The van der Waals surface area contributed by atoms with Crippen molar-refractivity contribution in [2.24, 2.45) is 0 Å². The van der Waals surface area contributed by atoms with E-state index >= 15 is 0 Å². The van der Waals surface area contributed by atoms with E-state index in [4.69, 9.17) is 0 Å². The molecule has 8 heteroatoms. The maximum atomic E-state index is 13.0. The van der Waals surface area contributed by atoms with Crippen LogP contribution in [-0.2, 0) is 0 Å². The third-order valence-corrected chi connectivity index (χ3v) is 3.41. The van der Waals surface area contributed by atoms with Gasteiger partial charge in [-0.25, -0.2) is 17.6 Å². The topological polar surface area (TPSA) is 23.1 Å². The van der Waals surface area contributed by atoms with E-state index in [1.54, 1.807) is 0 Å². The van der Waals surface area contributed by atoms with Crippen LogP contribution < -0.4 is 27.0 Å². The molecule has 0 heterocycles. The van der Waals surface area contributed by atoms with Gasteiger partial charge in [0, 0.05) is 0 Å². The number of rotatable bonds is 1. The van der Waals surface area contributed by atoms with Gasteiger partial charge in [0.1, 0.15) is 0 Å². The van der Waals surface area contributed by atoms with Crippen LogP contribution in [0.4, 0.5) is 17.6 Å². The Hall–Kier alpha value is 0.363. The molecule has 86 valence electrons. The monoisotopic (exact) mass is 326 g/mol. The molecule has 0 atom stereocenters. The maximum Gasteiger partial charge on any atom is 2.00 e. The molecule has 0 aliphatic carbocycles. The van der Waals surface area contributed by atoms with Crippen molar-refractivity contribution in [3.05, 3.63) is 29.3 Å². The molecule has 0 amide bonds. The van der Waals surface area contributed by atoms with Gasteiger partial charge >= 0.3 is 23.1 Å². The summed E-state index contributed by atoms with van der Waals surface area (Å²) in [5.74, 6) is -6.91. The molecule has 0 saturated heterocycles.